The predicted octanol–water partition coefficient (Wildman–Crippen LogP) is 2.40. The summed E-state index contributed by atoms with van der Waals surface area (Å²) < 4.78 is 43.8. The molecule has 1 aromatic heterocycles. The van der Waals surface area contributed by atoms with E-state index in [1.165, 1.54) is 0 Å². The molecule has 0 saturated heterocycles. The smallest absolute Gasteiger partial charge is 0.368 e. The van der Waals surface area contributed by atoms with Gasteiger partial charge in [0.15, 0.2) is 0 Å². The van der Waals surface area contributed by atoms with Crippen LogP contribution in [0, 0.1) is 0 Å². The highest BCUT2D eigenvalue weighted by Gasteiger charge is 2.20. The number of nitrogens with zero attached hydrogens (tertiary/aromatic N) is 1. The number of benzene rings is 1. The van der Waals surface area contributed by atoms with Crippen LogP contribution in [0.4, 0.5) is 3.89 Å². The van der Waals surface area contributed by atoms with E-state index in [-0.39, 0.29) is 5.69 Å². The number of para-hydroxylation sites is 1. The van der Waals surface area contributed by atoms with Crippen molar-refractivity contribution in [1.82, 2.24) is 5.16 Å². The van der Waals surface area contributed by atoms with E-state index in [0.29, 0.717) is 17.9 Å². The van der Waals surface area contributed by atoms with E-state index in [4.69, 9.17) is 4.74 Å². The van der Waals surface area contributed by atoms with Gasteiger partial charge in [0.05, 0.1) is 6.61 Å². The Morgan fingerprint density at radius 1 is 1.39 bits per heavy atom. The highest BCUT2D eigenvalue weighted by atomic mass is 32.3. The van der Waals surface area contributed by atoms with Gasteiger partial charge in [0.2, 0.25) is 0 Å². The average Bonchev–Trinajstić information content (AvgIpc) is 2.79. The Balaban J connectivity index is 2.46. The second kappa shape index (κ2) is 4.77. The van der Waals surface area contributed by atoms with E-state index >= 15 is 0 Å². The minimum Gasteiger partial charge on any atom is -0.493 e. The van der Waals surface area contributed by atoms with Gasteiger partial charge < -0.3 is 9.26 Å². The van der Waals surface area contributed by atoms with Crippen molar-refractivity contribution >= 4 is 10.2 Å². The molecule has 5 nitrogen and oxygen atoms in total. The Morgan fingerprint density at radius 2 is 2.11 bits per heavy atom. The summed E-state index contributed by atoms with van der Waals surface area (Å²) in [5.74, 6) is 0.524. The largest absolute Gasteiger partial charge is 0.493 e. The Morgan fingerprint density at radius 3 is 2.72 bits per heavy atom. The molecule has 2 aromatic rings. The van der Waals surface area contributed by atoms with Crippen molar-refractivity contribution in [2.75, 3.05) is 6.61 Å². The van der Waals surface area contributed by atoms with Crippen molar-refractivity contribution in [3.63, 3.8) is 0 Å². The van der Waals surface area contributed by atoms with Gasteiger partial charge in [-0.1, -0.05) is 21.2 Å². The molecule has 0 radical (unpaired) electrons. The number of hydrogen-bond donors (Lipinski definition) is 0. The first-order chi connectivity index (χ1) is 8.52. The van der Waals surface area contributed by atoms with Crippen molar-refractivity contribution in [2.24, 2.45) is 0 Å². The van der Waals surface area contributed by atoms with Crippen LogP contribution in [-0.2, 0) is 10.2 Å². The minimum absolute atomic E-state index is 0.204. The van der Waals surface area contributed by atoms with Gasteiger partial charge in [0.1, 0.15) is 11.4 Å². The zero-order chi connectivity index (χ0) is 13.2. The topological polar surface area (TPSA) is 69.4 Å². The molecule has 0 atom stereocenters. The molecule has 0 spiro atoms. The fourth-order valence-electron chi connectivity index (χ4n) is 1.46. The third-order valence-corrected chi connectivity index (χ3v) is 2.86. The van der Waals surface area contributed by atoms with Crippen LogP contribution in [0.2, 0.25) is 0 Å². The highest BCUT2D eigenvalue weighted by Crippen LogP contribution is 2.30. The van der Waals surface area contributed by atoms with E-state index in [1.54, 1.807) is 24.3 Å². The molecule has 7 heteroatoms. The summed E-state index contributed by atoms with van der Waals surface area (Å²) in [6.45, 7) is 2.26. The third-order valence-electron chi connectivity index (χ3n) is 2.19. The van der Waals surface area contributed by atoms with Gasteiger partial charge in [0.25, 0.3) is 5.09 Å². The Hall–Kier alpha value is -1.89. The molecule has 18 heavy (non-hydrogen) atoms. The number of ether oxygens (including phenoxy) is 1. The molecule has 0 aliphatic rings. The summed E-state index contributed by atoms with van der Waals surface area (Å²) in [6.07, 6.45) is 0. The number of aromatic nitrogens is 1. The molecule has 0 saturated carbocycles. The molecule has 2 rings (SSSR count). The molecule has 1 aromatic carbocycles. The summed E-state index contributed by atoms with van der Waals surface area (Å²) in [4.78, 5) is 0. The van der Waals surface area contributed by atoms with Crippen molar-refractivity contribution in [3.05, 3.63) is 30.3 Å². The van der Waals surface area contributed by atoms with Crippen molar-refractivity contribution < 1.29 is 21.6 Å². The van der Waals surface area contributed by atoms with Gasteiger partial charge in [-0.2, -0.15) is 8.42 Å². The zero-order valence-corrected chi connectivity index (χ0v) is 10.3. The standard InChI is InChI=1S/C11H10FNO4S/c1-2-16-10-6-4-3-5-8(10)9-7-11(17-13-9)18(12,14)15/h3-7H,2H2,1H3. The SMILES string of the molecule is CCOc1ccccc1-c1cc(S(=O)(=O)F)on1. The van der Waals surface area contributed by atoms with E-state index in [0.717, 1.165) is 6.07 Å². The predicted molar refractivity (Wildman–Crippen MR) is 61.4 cm³/mol. The van der Waals surface area contributed by atoms with Crippen molar-refractivity contribution in [2.45, 2.75) is 12.0 Å². The molecule has 0 aliphatic carbocycles. The molecule has 96 valence electrons. The fourth-order valence-corrected chi connectivity index (χ4v) is 1.84. The van der Waals surface area contributed by atoms with Gasteiger partial charge in [0, 0.05) is 11.6 Å². The van der Waals surface area contributed by atoms with Gasteiger partial charge in [-0.3, -0.25) is 0 Å². The molecule has 0 N–H and O–H groups in total. The monoisotopic (exact) mass is 271 g/mol. The van der Waals surface area contributed by atoms with Gasteiger partial charge in [-0.05, 0) is 19.1 Å². The Kier molecular flexibility index (Phi) is 3.33. The van der Waals surface area contributed by atoms with Gasteiger partial charge in [-0.15, -0.1) is 0 Å². The molecule has 0 unspecified atom stereocenters. The number of hydrogen-bond acceptors (Lipinski definition) is 5. The lowest BCUT2D eigenvalue weighted by Gasteiger charge is -2.06. The second-order valence-corrected chi connectivity index (χ2v) is 4.68. The zero-order valence-electron chi connectivity index (χ0n) is 9.46. The molecular weight excluding hydrogens is 261 g/mol. The summed E-state index contributed by atoms with van der Waals surface area (Å²) in [7, 11) is -4.89. The van der Waals surface area contributed by atoms with E-state index in [1.807, 2.05) is 6.92 Å². The molecule has 0 amide bonds. The molecular formula is C11H10FNO4S. The van der Waals surface area contributed by atoms with E-state index < -0.39 is 15.3 Å². The number of halogens is 1. The first-order valence-electron chi connectivity index (χ1n) is 5.16. The van der Waals surface area contributed by atoms with Crippen LogP contribution in [0.3, 0.4) is 0 Å². The first kappa shape index (κ1) is 12.6. The van der Waals surface area contributed by atoms with Crippen molar-refractivity contribution in [1.29, 1.82) is 0 Å². The Bertz CT molecular complexity index is 651. The van der Waals surface area contributed by atoms with E-state index in [2.05, 4.69) is 9.68 Å². The summed E-state index contributed by atoms with van der Waals surface area (Å²) in [5.41, 5.74) is 0.744. The van der Waals surface area contributed by atoms with E-state index in [9.17, 15) is 12.3 Å². The summed E-state index contributed by atoms with van der Waals surface area (Å²) in [5, 5.41) is 2.71. The summed E-state index contributed by atoms with van der Waals surface area (Å²) in [6, 6.07) is 7.90. The highest BCUT2D eigenvalue weighted by molar-refractivity contribution is 7.86. The van der Waals surface area contributed by atoms with Crippen LogP contribution < -0.4 is 4.74 Å². The maximum atomic E-state index is 12.7. The van der Waals surface area contributed by atoms with Crippen LogP contribution in [0.15, 0.2) is 39.9 Å². The van der Waals surface area contributed by atoms with Gasteiger partial charge in [-0.25, -0.2) is 0 Å². The molecule has 1 heterocycles. The number of rotatable bonds is 4. The fraction of sp³-hybridized carbons (Fsp3) is 0.182. The van der Waals surface area contributed by atoms with Crippen LogP contribution in [-0.4, -0.2) is 20.2 Å². The maximum Gasteiger partial charge on any atom is 0.368 e. The lowest BCUT2D eigenvalue weighted by Crippen LogP contribution is -1.93. The molecule has 0 bridgehead atoms. The Labute approximate surface area is 103 Å². The maximum absolute atomic E-state index is 12.7. The molecule has 0 fully saturated rings. The lowest BCUT2D eigenvalue weighted by molar-refractivity contribution is 0.332. The van der Waals surface area contributed by atoms with Crippen LogP contribution in [0.1, 0.15) is 6.92 Å². The van der Waals surface area contributed by atoms with Gasteiger partial charge >= 0.3 is 10.2 Å². The molecule has 0 aliphatic heterocycles. The van der Waals surface area contributed by atoms with Crippen LogP contribution in [0.25, 0.3) is 11.3 Å². The normalized spacial score (nSPS) is 11.4. The van der Waals surface area contributed by atoms with Crippen LogP contribution >= 0.6 is 0 Å². The lowest BCUT2D eigenvalue weighted by atomic mass is 10.1. The quantitative estimate of drug-likeness (QED) is 0.798. The van der Waals surface area contributed by atoms with Crippen LogP contribution in [0.5, 0.6) is 5.75 Å². The van der Waals surface area contributed by atoms with Crippen molar-refractivity contribution in [3.8, 4) is 17.0 Å². The minimum atomic E-state index is -4.89. The second-order valence-electron chi connectivity index (χ2n) is 3.40. The third kappa shape index (κ3) is 2.51. The summed E-state index contributed by atoms with van der Waals surface area (Å²) >= 11 is 0. The average molecular weight is 271 g/mol. The first-order valence-corrected chi connectivity index (χ1v) is 6.54.